The van der Waals surface area contributed by atoms with Crippen molar-refractivity contribution in [1.29, 1.82) is 0 Å². The van der Waals surface area contributed by atoms with Crippen LogP contribution >= 0.6 is 0 Å². The van der Waals surface area contributed by atoms with Crippen molar-refractivity contribution in [2.24, 2.45) is 4.99 Å². The van der Waals surface area contributed by atoms with Gasteiger partial charge >= 0.3 is 5.97 Å². The first-order valence-electron chi connectivity index (χ1n) is 10.8. The molecular formula is C27H23FN2O3. The lowest BCUT2D eigenvalue weighted by molar-refractivity contribution is -0.139. The van der Waals surface area contributed by atoms with Crippen molar-refractivity contribution in [1.82, 2.24) is 4.57 Å². The molecule has 4 aromatic rings. The molecule has 0 fully saturated rings. The highest BCUT2D eigenvalue weighted by atomic mass is 19.1. The Bertz CT molecular complexity index is 1380. The van der Waals surface area contributed by atoms with Crippen LogP contribution in [-0.2, 0) is 11.3 Å². The van der Waals surface area contributed by atoms with E-state index in [2.05, 4.69) is 35.5 Å². The van der Waals surface area contributed by atoms with E-state index in [0.29, 0.717) is 12.3 Å². The Kier molecular flexibility index (Phi) is 5.21. The van der Waals surface area contributed by atoms with Crippen LogP contribution in [0, 0.1) is 5.82 Å². The molecule has 1 aliphatic heterocycles. The van der Waals surface area contributed by atoms with Gasteiger partial charge in [0.15, 0.2) is 6.61 Å². The average molecular weight is 442 g/mol. The molecule has 3 aromatic carbocycles. The van der Waals surface area contributed by atoms with Gasteiger partial charge < -0.3 is 14.4 Å². The number of ether oxygens (including phenoxy) is 1. The second-order valence-electron chi connectivity index (χ2n) is 8.47. The Morgan fingerprint density at radius 1 is 1.12 bits per heavy atom. The Hall–Kier alpha value is -3.93. The van der Waals surface area contributed by atoms with Gasteiger partial charge in [0.1, 0.15) is 11.6 Å². The number of benzene rings is 3. The Labute approximate surface area is 190 Å². The number of rotatable bonds is 6. The summed E-state index contributed by atoms with van der Waals surface area (Å²) in [5.74, 6) is -0.598. The molecule has 0 spiro atoms. The van der Waals surface area contributed by atoms with E-state index in [1.165, 1.54) is 17.7 Å². The fraction of sp³-hybridized carbons (Fsp3) is 0.185. The molecule has 0 bridgehead atoms. The van der Waals surface area contributed by atoms with Gasteiger partial charge in [-0.2, -0.15) is 0 Å². The SMILES string of the molecule is CC(C)c1c(-c2ccc(OCC(=O)O)cc2)c2cc3c(cc2n1-c1ccc(F)cc1)C=NC3. The third-order valence-corrected chi connectivity index (χ3v) is 5.89. The lowest BCUT2D eigenvalue weighted by atomic mass is 9.95. The summed E-state index contributed by atoms with van der Waals surface area (Å²) in [4.78, 5) is 15.2. The van der Waals surface area contributed by atoms with E-state index in [0.717, 1.165) is 39.0 Å². The molecule has 0 saturated carbocycles. The van der Waals surface area contributed by atoms with E-state index in [-0.39, 0.29) is 18.3 Å². The summed E-state index contributed by atoms with van der Waals surface area (Å²) in [5.41, 5.74) is 7.44. The maximum Gasteiger partial charge on any atom is 0.341 e. The summed E-state index contributed by atoms with van der Waals surface area (Å²) in [6.07, 6.45) is 1.90. The summed E-state index contributed by atoms with van der Waals surface area (Å²) in [6, 6.07) is 18.4. The Morgan fingerprint density at radius 3 is 2.52 bits per heavy atom. The van der Waals surface area contributed by atoms with E-state index < -0.39 is 5.97 Å². The van der Waals surface area contributed by atoms with E-state index in [1.54, 1.807) is 24.3 Å². The molecule has 5 rings (SSSR count). The molecule has 166 valence electrons. The molecule has 0 atom stereocenters. The van der Waals surface area contributed by atoms with Crippen molar-refractivity contribution < 1.29 is 19.0 Å². The second kappa shape index (κ2) is 8.20. The van der Waals surface area contributed by atoms with E-state index >= 15 is 0 Å². The first kappa shape index (κ1) is 20.9. The van der Waals surface area contributed by atoms with Gasteiger partial charge in [0.05, 0.1) is 12.1 Å². The highest BCUT2D eigenvalue weighted by molar-refractivity contribution is 6.03. The van der Waals surface area contributed by atoms with Gasteiger partial charge in [-0.25, -0.2) is 9.18 Å². The van der Waals surface area contributed by atoms with Gasteiger partial charge in [-0.3, -0.25) is 4.99 Å². The third-order valence-electron chi connectivity index (χ3n) is 5.89. The highest BCUT2D eigenvalue weighted by Crippen LogP contribution is 2.42. The van der Waals surface area contributed by atoms with Crippen LogP contribution in [0.3, 0.4) is 0 Å². The molecule has 0 radical (unpaired) electrons. The highest BCUT2D eigenvalue weighted by Gasteiger charge is 2.24. The van der Waals surface area contributed by atoms with E-state index in [1.807, 2.05) is 18.3 Å². The fourth-order valence-corrected chi connectivity index (χ4v) is 4.49. The summed E-state index contributed by atoms with van der Waals surface area (Å²) in [5, 5.41) is 9.97. The molecule has 0 saturated heterocycles. The largest absolute Gasteiger partial charge is 0.482 e. The van der Waals surface area contributed by atoms with Crippen molar-refractivity contribution in [3.05, 3.63) is 83.3 Å². The molecule has 2 heterocycles. The number of carbonyl (C=O) groups is 1. The predicted molar refractivity (Wildman–Crippen MR) is 127 cm³/mol. The molecule has 0 unspecified atom stereocenters. The Balaban J connectivity index is 1.75. The second-order valence-corrected chi connectivity index (χ2v) is 8.47. The van der Waals surface area contributed by atoms with Crippen molar-refractivity contribution in [3.8, 4) is 22.6 Å². The summed E-state index contributed by atoms with van der Waals surface area (Å²) < 4.78 is 21.2. The summed E-state index contributed by atoms with van der Waals surface area (Å²) in [6.45, 7) is 4.58. The van der Waals surface area contributed by atoms with Gasteiger partial charge in [-0.15, -0.1) is 0 Å². The maximum atomic E-state index is 13.7. The van der Waals surface area contributed by atoms with Gasteiger partial charge in [-0.05, 0) is 71.1 Å². The predicted octanol–water partition coefficient (Wildman–Crippen LogP) is 5.96. The zero-order valence-electron chi connectivity index (χ0n) is 18.4. The molecule has 33 heavy (non-hydrogen) atoms. The first-order valence-corrected chi connectivity index (χ1v) is 10.8. The lowest BCUT2D eigenvalue weighted by Gasteiger charge is -2.16. The smallest absolute Gasteiger partial charge is 0.341 e. The van der Waals surface area contributed by atoms with Gasteiger partial charge in [-0.1, -0.05) is 26.0 Å². The van der Waals surface area contributed by atoms with Gasteiger partial charge in [0.25, 0.3) is 0 Å². The van der Waals surface area contributed by atoms with Crippen LogP contribution in [0.25, 0.3) is 27.7 Å². The number of halogens is 1. The summed E-state index contributed by atoms with van der Waals surface area (Å²) >= 11 is 0. The first-order chi connectivity index (χ1) is 15.9. The van der Waals surface area contributed by atoms with E-state index in [4.69, 9.17) is 9.84 Å². The van der Waals surface area contributed by atoms with Crippen LogP contribution in [0.15, 0.2) is 65.7 Å². The monoisotopic (exact) mass is 442 g/mol. The van der Waals surface area contributed by atoms with Crippen LogP contribution < -0.4 is 4.74 Å². The molecule has 0 aliphatic carbocycles. The minimum Gasteiger partial charge on any atom is -0.482 e. The lowest BCUT2D eigenvalue weighted by Crippen LogP contribution is -2.09. The quantitative estimate of drug-likeness (QED) is 0.401. The van der Waals surface area contributed by atoms with Crippen LogP contribution in [0.5, 0.6) is 5.75 Å². The topological polar surface area (TPSA) is 63.8 Å². The average Bonchev–Trinajstić information content (AvgIpc) is 3.39. The molecule has 6 heteroatoms. The number of hydrogen-bond donors (Lipinski definition) is 1. The molecular weight excluding hydrogens is 419 g/mol. The number of aromatic nitrogens is 1. The number of nitrogens with zero attached hydrogens (tertiary/aromatic N) is 2. The number of aliphatic imine (C=N–C) groups is 1. The number of hydrogen-bond acceptors (Lipinski definition) is 3. The van der Waals surface area contributed by atoms with Gasteiger partial charge in [0.2, 0.25) is 0 Å². The number of carboxylic acids is 1. The van der Waals surface area contributed by atoms with E-state index in [9.17, 15) is 9.18 Å². The number of aliphatic carboxylic acids is 1. The molecule has 0 amide bonds. The van der Waals surface area contributed by atoms with Gasteiger partial charge in [0, 0.05) is 28.5 Å². The van der Waals surface area contributed by atoms with Crippen molar-refractivity contribution in [2.45, 2.75) is 26.3 Å². The Morgan fingerprint density at radius 2 is 1.85 bits per heavy atom. The summed E-state index contributed by atoms with van der Waals surface area (Å²) in [7, 11) is 0. The standard InChI is InChI=1S/C27H23FN2O3/c1-16(2)27-26(17-3-9-22(10-4-17)33-15-25(31)32)23-11-18-13-29-14-19(18)12-24(23)30(27)21-7-5-20(28)6-8-21/h3-12,14,16H,13,15H2,1-2H3,(H,31,32). The van der Waals surface area contributed by atoms with Crippen LogP contribution in [0.4, 0.5) is 4.39 Å². The zero-order chi connectivity index (χ0) is 23.1. The van der Waals surface area contributed by atoms with Crippen molar-refractivity contribution >= 4 is 23.1 Å². The number of carboxylic acid groups (broad SMARTS) is 1. The van der Waals surface area contributed by atoms with Crippen molar-refractivity contribution in [2.75, 3.05) is 6.61 Å². The molecule has 5 nitrogen and oxygen atoms in total. The third kappa shape index (κ3) is 3.78. The molecule has 1 N–H and O–H groups in total. The molecule has 1 aliphatic rings. The van der Waals surface area contributed by atoms with Crippen LogP contribution in [0.2, 0.25) is 0 Å². The van der Waals surface area contributed by atoms with Crippen molar-refractivity contribution in [3.63, 3.8) is 0 Å². The van der Waals surface area contributed by atoms with Crippen LogP contribution in [-0.4, -0.2) is 28.5 Å². The molecule has 1 aromatic heterocycles. The fourth-order valence-electron chi connectivity index (χ4n) is 4.49. The maximum absolute atomic E-state index is 13.7. The minimum atomic E-state index is -1.01. The zero-order valence-corrected chi connectivity index (χ0v) is 18.4. The normalized spacial score (nSPS) is 12.5. The minimum absolute atomic E-state index is 0.184. The number of fused-ring (bicyclic) bond motifs is 2. The van der Waals surface area contributed by atoms with Crippen LogP contribution in [0.1, 0.15) is 36.6 Å².